The second-order valence-electron chi connectivity index (χ2n) is 5.24. The number of benzene rings is 1. The quantitative estimate of drug-likeness (QED) is 0.899. The highest BCUT2D eigenvalue weighted by molar-refractivity contribution is 5.49. The van der Waals surface area contributed by atoms with Gasteiger partial charge in [-0.05, 0) is 50.3 Å². The Kier molecular flexibility index (Phi) is 5.16. The first kappa shape index (κ1) is 14.3. The smallest absolute Gasteiger partial charge is 0.125 e. The molecule has 1 aliphatic rings. The molecule has 4 heteroatoms. The summed E-state index contributed by atoms with van der Waals surface area (Å²) in [6, 6.07) is 5.38. The summed E-state index contributed by atoms with van der Waals surface area (Å²) in [5.74, 6) is -0.136. The number of likely N-dealkylation sites (N-methyl/N-ethyl adjacent to an activating group) is 1. The molecule has 1 aliphatic heterocycles. The van der Waals surface area contributed by atoms with Crippen LogP contribution in [-0.2, 0) is 6.54 Å². The molecule has 0 bridgehead atoms. The van der Waals surface area contributed by atoms with Crippen molar-refractivity contribution in [3.8, 4) is 0 Å². The van der Waals surface area contributed by atoms with E-state index in [1.165, 1.54) is 0 Å². The fourth-order valence-corrected chi connectivity index (χ4v) is 2.49. The lowest BCUT2D eigenvalue weighted by atomic mass is 10.1. The average Bonchev–Trinajstić information content (AvgIpc) is 2.60. The largest absolute Gasteiger partial charge is 0.370 e. The van der Waals surface area contributed by atoms with Crippen LogP contribution in [0.25, 0.3) is 0 Å². The van der Waals surface area contributed by atoms with Crippen LogP contribution < -0.4 is 10.2 Å². The number of hydrogen-bond donors (Lipinski definition) is 1. The molecule has 19 heavy (non-hydrogen) atoms. The van der Waals surface area contributed by atoms with Crippen LogP contribution in [0.2, 0.25) is 0 Å². The third-order valence-electron chi connectivity index (χ3n) is 3.61. The Morgan fingerprint density at radius 1 is 1.16 bits per heavy atom. The number of halogens is 1. The van der Waals surface area contributed by atoms with Gasteiger partial charge in [0.25, 0.3) is 0 Å². The van der Waals surface area contributed by atoms with Crippen LogP contribution in [0.3, 0.4) is 0 Å². The van der Waals surface area contributed by atoms with Crippen LogP contribution in [-0.4, -0.2) is 44.7 Å². The minimum Gasteiger partial charge on any atom is -0.370 e. The molecule has 0 aromatic heterocycles. The van der Waals surface area contributed by atoms with Gasteiger partial charge in [-0.2, -0.15) is 0 Å². The van der Waals surface area contributed by atoms with Gasteiger partial charge in [0, 0.05) is 31.9 Å². The van der Waals surface area contributed by atoms with E-state index in [0.717, 1.165) is 56.9 Å². The first-order chi connectivity index (χ1) is 9.19. The van der Waals surface area contributed by atoms with Gasteiger partial charge < -0.3 is 15.1 Å². The Hall–Kier alpha value is -1.13. The van der Waals surface area contributed by atoms with E-state index in [9.17, 15) is 4.39 Å². The van der Waals surface area contributed by atoms with Crippen molar-refractivity contribution in [3.05, 3.63) is 29.6 Å². The molecule has 1 fully saturated rings. The topological polar surface area (TPSA) is 18.5 Å². The molecule has 0 aliphatic carbocycles. The monoisotopic (exact) mass is 265 g/mol. The summed E-state index contributed by atoms with van der Waals surface area (Å²) >= 11 is 0. The van der Waals surface area contributed by atoms with Crippen molar-refractivity contribution < 1.29 is 4.39 Å². The summed E-state index contributed by atoms with van der Waals surface area (Å²) in [4.78, 5) is 4.63. The highest BCUT2D eigenvalue weighted by Crippen LogP contribution is 2.20. The molecular weight excluding hydrogens is 241 g/mol. The summed E-state index contributed by atoms with van der Waals surface area (Å²) in [5, 5.41) is 3.25. The molecule has 1 saturated heterocycles. The molecule has 0 saturated carbocycles. The van der Waals surface area contributed by atoms with E-state index in [0.29, 0.717) is 0 Å². The molecule has 1 heterocycles. The van der Waals surface area contributed by atoms with Crippen LogP contribution >= 0.6 is 0 Å². The first-order valence-electron chi connectivity index (χ1n) is 7.12. The second kappa shape index (κ2) is 6.87. The minimum absolute atomic E-state index is 0.136. The van der Waals surface area contributed by atoms with Crippen molar-refractivity contribution >= 4 is 5.69 Å². The third-order valence-corrected chi connectivity index (χ3v) is 3.61. The van der Waals surface area contributed by atoms with Gasteiger partial charge in [-0.1, -0.05) is 6.92 Å². The van der Waals surface area contributed by atoms with Gasteiger partial charge in [0.15, 0.2) is 0 Å². The first-order valence-corrected chi connectivity index (χ1v) is 7.12. The van der Waals surface area contributed by atoms with Crippen LogP contribution in [0.5, 0.6) is 0 Å². The SMILES string of the molecule is CCNCc1cc(F)cc(N2CCCN(C)CC2)c1. The molecule has 1 aromatic carbocycles. The van der Waals surface area contributed by atoms with Crippen molar-refractivity contribution in [2.75, 3.05) is 44.7 Å². The number of nitrogens with one attached hydrogen (secondary N) is 1. The standard InChI is InChI=1S/C15H24FN3/c1-3-17-12-13-9-14(16)11-15(10-13)19-6-4-5-18(2)7-8-19/h9-11,17H,3-8,12H2,1-2H3. The lowest BCUT2D eigenvalue weighted by Crippen LogP contribution is -2.29. The van der Waals surface area contributed by atoms with Gasteiger partial charge in [0.05, 0.1) is 0 Å². The summed E-state index contributed by atoms with van der Waals surface area (Å²) in [6.07, 6.45) is 1.13. The normalized spacial score (nSPS) is 17.5. The van der Waals surface area contributed by atoms with Gasteiger partial charge in [-0.25, -0.2) is 4.39 Å². The molecule has 0 atom stereocenters. The number of anilines is 1. The van der Waals surface area contributed by atoms with Gasteiger partial charge in [-0.3, -0.25) is 0 Å². The maximum atomic E-state index is 13.7. The molecule has 0 spiro atoms. The molecule has 0 radical (unpaired) electrons. The second-order valence-corrected chi connectivity index (χ2v) is 5.24. The van der Waals surface area contributed by atoms with Crippen molar-refractivity contribution in [3.63, 3.8) is 0 Å². The lowest BCUT2D eigenvalue weighted by molar-refractivity contribution is 0.360. The van der Waals surface area contributed by atoms with Crippen LogP contribution in [0.4, 0.5) is 10.1 Å². The molecule has 106 valence electrons. The van der Waals surface area contributed by atoms with E-state index in [1.807, 2.05) is 0 Å². The summed E-state index contributed by atoms with van der Waals surface area (Å²) in [7, 11) is 2.14. The maximum Gasteiger partial charge on any atom is 0.125 e. The Bertz CT molecular complexity index is 408. The lowest BCUT2D eigenvalue weighted by Gasteiger charge is -2.23. The van der Waals surface area contributed by atoms with E-state index in [-0.39, 0.29) is 5.82 Å². The number of rotatable bonds is 4. The van der Waals surface area contributed by atoms with Gasteiger partial charge in [0.2, 0.25) is 0 Å². The van der Waals surface area contributed by atoms with E-state index < -0.39 is 0 Å². The Morgan fingerprint density at radius 2 is 2.00 bits per heavy atom. The van der Waals surface area contributed by atoms with Gasteiger partial charge in [-0.15, -0.1) is 0 Å². The van der Waals surface area contributed by atoms with Crippen LogP contribution in [0.15, 0.2) is 18.2 Å². The molecule has 0 unspecified atom stereocenters. The Morgan fingerprint density at radius 3 is 2.79 bits per heavy atom. The zero-order valence-electron chi connectivity index (χ0n) is 12.0. The minimum atomic E-state index is -0.136. The fourth-order valence-electron chi connectivity index (χ4n) is 2.49. The molecule has 2 rings (SSSR count). The zero-order chi connectivity index (χ0) is 13.7. The molecular formula is C15H24FN3. The Balaban J connectivity index is 2.11. The zero-order valence-corrected chi connectivity index (χ0v) is 12.0. The molecule has 1 aromatic rings. The predicted molar refractivity (Wildman–Crippen MR) is 78.1 cm³/mol. The van der Waals surface area contributed by atoms with E-state index in [1.54, 1.807) is 12.1 Å². The predicted octanol–water partition coefficient (Wildman–Crippen LogP) is 2.08. The fraction of sp³-hybridized carbons (Fsp3) is 0.600. The highest BCUT2D eigenvalue weighted by Gasteiger charge is 2.13. The summed E-state index contributed by atoms with van der Waals surface area (Å²) < 4.78 is 13.7. The highest BCUT2D eigenvalue weighted by atomic mass is 19.1. The Labute approximate surface area is 115 Å². The van der Waals surface area contributed by atoms with Gasteiger partial charge in [0.1, 0.15) is 5.82 Å². The summed E-state index contributed by atoms with van der Waals surface area (Å²) in [5.41, 5.74) is 2.04. The van der Waals surface area contributed by atoms with Crippen molar-refractivity contribution in [1.82, 2.24) is 10.2 Å². The number of hydrogen-bond acceptors (Lipinski definition) is 3. The van der Waals surface area contributed by atoms with E-state index in [2.05, 4.69) is 35.2 Å². The molecule has 0 amide bonds. The van der Waals surface area contributed by atoms with Crippen LogP contribution in [0, 0.1) is 5.82 Å². The van der Waals surface area contributed by atoms with Crippen molar-refractivity contribution in [2.24, 2.45) is 0 Å². The molecule has 3 nitrogen and oxygen atoms in total. The van der Waals surface area contributed by atoms with Gasteiger partial charge >= 0.3 is 0 Å². The molecule has 1 N–H and O–H groups in total. The van der Waals surface area contributed by atoms with E-state index in [4.69, 9.17) is 0 Å². The van der Waals surface area contributed by atoms with E-state index >= 15 is 0 Å². The van der Waals surface area contributed by atoms with Crippen molar-refractivity contribution in [2.45, 2.75) is 19.9 Å². The third kappa shape index (κ3) is 4.18. The average molecular weight is 265 g/mol. The number of nitrogens with zero attached hydrogens (tertiary/aromatic N) is 2. The summed E-state index contributed by atoms with van der Waals surface area (Å²) in [6.45, 7) is 7.84. The maximum absolute atomic E-state index is 13.7. The van der Waals surface area contributed by atoms with Crippen LogP contribution in [0.1, 0.15) is 18.9 Å². The van der Waals surface area contributed by atoms with Crippen molar-refractivity contribution in [1.29, 1.82) is 0 Å².